The van der Waals surface area contributed by atoms with E-state index in [9.17, 15) is 34.1 Å². The molecule has 0 spiro atoms. The van der Waals surface area contributed by atoms with Crippen molar-refractivity contribution in [3.63, 3.8) is 0 Å². The van der Waals surface area contributed by atoms with E-state index in [0.717, 1.165) is 42.7 Å². The lowest BCUT2D eigenvalue weighted by Crippen LogP contribution is -2.49. The summed E-state index contributed by atoms with van der Waals surface area (Å²) in [5, 5.41) is 23.3. The molecule has 4 N–H and O–H groups in total. The summed E-state index contributed by atoms with van der Waals surface area (Å²) >= 11 is 0.744. The molecule has 0 atom stereocenters. The number of hydrogen-bond donors (Lipinski definition) is 4. The van der Waals surface area contributed by atoms with Gasteiger partial charge in [0.05, 0.1) is 53.3 Å². The van der Waals surface area contributed by atoms with Crippen LogP contribution in [-0.4, -0.2) is 104 Å². The summed E-state index contributed by atoms with van der Waals surface area (Å²) < 4.78 is 7.41. The van der Waals surface area contributed by atoms with Gasteiger partial charge in [0.2, 0.25) is 17.8 Å². The number of nitrogens with zero attached hydrogens (tertiary/aromatic N) is 8. The van der Waals surface area contributed by atoms with Gasteiger partial charge in [0.25, 0.3) is 11.5 Å². The molecule has 2 fully saturated rings. The molecule has 5 heterocycles. The molecule has 20 nitrogen and oxygen atoms in total. The van der Waals surface area contributed by atoms with E-state index in [4.69, 9.17) is 9.72 Å². The Hall–Kier alpha value is -6.87. The van der Waals surface area contributed by atoms with Crippen LogP contribution in [0.4, 0.5) is 39.0 Å². The summed E-state index contributed by atoms with van der Waals surface area (Å²) in [6.45, 7) is 9.27. The predicted octanol–water partition coefficient (Wildman–Crippen LogP) is 5.61. The molecule has 2 aliphatic rings. The van der Waals surface area contributed by atoms with E-state index in [1.54, 1.807) is 36.0 Å². The topological polar surface area (TPSA) is 249 Å². The van der Waals surface area contributed by atoms with E-state index < -0.39 is 10.8 Å². The van der Waals surface area contributed by atoms with Gasteiger partial charge in [-0.05, 0) is 80.8 Å². The zero-order valence-corrected chi connectivity index (χ0v) is 36.2. The van der Waals surface area contributed by atoms with Crippen molar-refractivity contribution < 1.29 is 28.8 Å². The first kappa shape index (κ1) is 44.2. The molecule has 330 valence electrons. The highest BCUT2D eigenvalue weighted by molar-refractivity contribution is 7.19. The maximum absolute atomic E-state index is 13.6. The SMILES string of the molecule is CC(=O)Nc1cc(NCCOCCC(=O)N2CCN(c3ccc(Nc4ncc5c(C)c(C(C)=O)c(=O)n(C6CCCC6)c5n4)nc3)CC2)ccc1C(=O)Nc1nc(C)c([N+](=O)[O-])s1. The molecule has 0 unspecified atom stereocenters. The number of Topliss-reactive ketones (excluding diaryl/α,β-unsaturated/α-hetero) is 1. The van der Waals surface area contributed by atoms with Crippen LogP contribution >= 0.6 is 11.3 Å². The molecule has 4 aromatic heterocycles. The molecule has 0 bridgehead atoms. The Bertz CT molecular complexity index is 2620. The van der Waals surface area contributed by atoms with Crippen LogP contribution in [-0.2, 0) is 14.3 Å². The smallest absolute Gasteiger partial charge is 0.348 e. The van der Waals surface area contributed by atoms with Crippen molar-refractivity contribution >= 4 is 84.8 Å². The number of nitrogens with one attached hydrogen (secondary N) is 4. The lowest BCUT2D eigenvalue weighted by atomic mass is 10.0. The zero-order valence-electron chi connectivity index (χ0n) is 35.4. The summed E-state index contributed by atoms with van der Waals surface area (Å²) in [6, 6.07) is 8.54. The highest BCUT2D eigenvalue weighted by atomic mass is 32.1. The first-order valence-electron chi connectivity index (χ1n) is 20.6. The summed E-state index contributed by atoms with van der Waals surface area (Å²) in [4.78, 5) is 96.4. The molecule has 63 heavy (non-hydrogen) atoms. The molecule has 1 saturated heterocycles. The van der Waals surface area contributed by atoms with Crippen molar-refractivity contribution in [2.75, 3.05) is 72.1 Å². The number of pyridine rings is 2. The minimum absolute atomic E-state index is 0.00180. The van der Waals surface area contributed by atoms with Gasteiger partial charge in [0.1, 0.15) is 17.2 Å². The molecule has 3 amide bonds. The third-order valence-corrected chi connectivity index (χ3v) is 12.0. The number of nitro groups is 1. The fourth-order valence-electron chi connectivity index (χ4n) is 7.89. The molecule has 7 rings (SSSR count). The molecule has 21 heteroatoms. The maximum atomic E-state index is 13.6. The number of rotatable bonds is 16. The molecule has 0 radical (unpaired) electrons. The van der Waals surface area contributed by atoms with E-state index in [1.807, 2.05) is 17.0 Å². The number of amides is 3. The van der Waals surface area contributed by atoms with Crippen molar-refractivity contribution in [3.8, 4) is 0 Å². The van der Waals surface area contributed by atoms with Crippen LogP contribution < -0.4 is 31.7 Å². The third-order valence-electron chi connectivity index (χ3n) is 11.0. The Morgan fingerprint density at radius 3 is 2.38 bits per heavy atom. The van der Waals surface area contributed by atoms with E-state index in [1.165, 1.54) is 26.8 Å². The van der Waals surface area contributed by atoms with Gasteiger partial charge in [-0.15, -0.1) is 0 Å². The number of thiazole rings is 1. The summed E-state index contributed by atoms with van der Waals surface area (Å²) in [5.74, 6) is -0.420. The lowest BCUT2D eigenvalue weighted by molar-refractivity contribution is -0.380. The predicted molar refractivity (Wildman–Crippen MR) is 238 cm³/mol. The number of carbonyl (C=O) groups excluding carboxylic acids is 4. The maximum Gasteiger partial charge on any atom is 0.348 e. The van der Waals surface area contributed by atoms with Crippen LogP contribution in [0.15, 0.2) is 47.5 Å². The fraction of sp³-hybridized carbons (Fsp3) is 0.405. The third kappa shape index (κ3) is 10.3. The Labute approximate surface area is 365 Å². The van der Waals surface area contributed by atoms with Gasteiger partial charge in [0.15, 0.2) is 10.9 Å². The van der Waals surface area contributed by atoms with Crippen molar-refractivity contribution in [2.24, 2.45) is 0 Å². The van der Waals surface area contributed by atoms with Crippen LogP contribution in [0, 0.1) is 24.0 Å². The first-order valence-corrected chi connectivity index (χ1v) is 21.4. The van der Waals surface area contributed by atoms with Crippen molar-refractivity contribution in [1.82, 2.24) is 29.4 Å². The van der Waals surface area contributed by atoms with Gasteiger partial charge in [0, 0.05) is 63.0 Å². The fourth-order valence-corrected chi connectivity index (χ4v) is 8.67. The average molecular weight is 881 g/mol. The molecule has 1 aromatic carbocycles. The second kappa shape index (κ2) is 19.5. The second-order valence-corrected chi connectivity index (χ2v) is 16.3. The number of ether oxygens (including phenoxy) is 1. The van der Waals surface area contributed by atoms with Gasteiger partial charge < -0.3 is 30.5 Å². The summed E-state index contributed by atoms with van der Waals surface area (Å²) in [5.41, 5.74) is 3.07. The number of piperazine rings is 1. The minimum Gasteiger partial charge on any atom is -0.383 e. The van der Waals surface area contributed by atoms with Gasteiger partial charge in [-0.25, -0.2) is 15.0 Å². The number of benzene rings is 1. The molecule has 1 aliphatic heterocycles. The monoisotopic (exact) mass is 880 g/mol. The molecular formula is C42H48N12O8S. The summed E-state index contributed by atoms with van der Waals surface area (Å²) in [7, 11) is 0. The van der Waals surface area contributed by atoms with Gasteiger partial charge in [-0.1, -0.05) is 12.8 Å². The Kier molecular flexibility index (Phi) is 13.6. The standard InChI is InChI=1S/C42H48N12O8S/c1-24-32-23-45-41(49-37(32)53(29-7-5-6-8-29)39(59)36(24)26(3)55)48-34-12-10-30(22-44-34)51-15-17-52(18-16-51)35(57)13-19-62-20-14-43-28-9-11-31(33(21-28)47-27(4)56)38(58)50-42-46-25(2)40(63-42)54(60)61/h9-12,21-23,29,43H,5-8,13-20H2,1-4H3,(H,47,56)(H,46,50,58)(H,44,45,48,49). The van der Waals surface area contributed by atoms with Crippen molar-refractivity contribution in [3.05, 3.63) is 85.6 Å². The number of fused-ring (bicyclic) bond motifs is 1. The Morgan fingerprint density at radius 2 is 1.71 bits per heavy atom. The van der Waals surface area contributed by atoms with E-state index >= 15 is 0 Å². The van der Waals surface area contributed by atoms with E-state index in [-0.39, 0.29) is 74.9 Å². The van der Waals surface area contributed by atoms with Gasteiger partial charge in [-0.3, -0.25) is 44.0 Å². The van der Waals surface area contributed by atoms with Crippen LogP contribution in [0.2, 0.25) is 0 Å². The Balaban J connectivity index is 0.852. The minimum atomic E-state index is -0.589. The highest BCUT2D eigenvalue weighted by Crippen LogP contribution is 2.33. The lowest BCUT2D eigenvalue weighted by Gasteiger charge is -2.36. The second-order valence-electron chi connectivity index (χ2n) is 15.3. The van der Waals surface area contributed by atoms with Crippen LogP contribution in [0.3, 0.4) is 0 Å². The normalized spacial score (nSPS) is 14.2. The highest BCUT2D eigenvalue weighted by Gasteiger charge is 2.27. The molecular weight excluding hydrogens is 833 g/mol. The van der Waals surface area contributed by atoms with Gasteiger partial charge >= 0.3 is 5.00 Å². The first-order chi connectivity index (χ1) is 30.3. The van der Waals surface area contributed by atoms with Crippen molar-refractivity contribution in [1.29, 1.82) is 0 Å². The summed E-state index contributed by atoms with van der Waals surface area (Å²) in [6.07, 6.45) is 7.38. The van der Waals surface area contributed by atoms with Crippen LogP contribution in [0.1, 0.15) is 84.0 Å². The number of ketones is 1. The Morgan fingerprint density at radius 1 is 0.952 bits per heavy atom. The van der Waals surface area contributed by atoms with E-state index in [2.05, 4.69) is 41.1 Å². The number of hydrogen-bond acceptors (Lipinski definition) is 16. The molecule has 1 aliphatic carbocycles. The largest absolute Gasteiger partial charge is 0.383 e. The number of anilines is 6. The number of aryl methyl sites for hydroxylation is 2. The molecule has 1 saturated carbocycles. The van der Waals surface area contributed by atoms with Gasteiger partial charge in [-0.2, -0.15) is 4.98 Å². The van der Waals surface area contributed by atoms with Crippen LogP contribution in [0.5, 0.6) is 0 Å². The van der Waals surface area contributed by atoms with E-state index in [0.29, 0.717) is 73.4 Å². The molecule has 5 aromatic rings. The zero-order chi connectivity index (χ0) is 44.8. The quantitative estimate of drug-likeness (QED) is 0.0407. The number of carbonyl (C=O) groups is 4. The average Bonchev–Trinajstić information content (AvgIpc) is 3.92. The number of aromatic nitrogens is 5. The van der Waals surface area contributed by atoms with Crippen molar-refractivity contribution in [2.45, 2.75) is 65.8 Å². The van der Waals surface area contributed by atoms with Crippen LogP contribution in [0.25, 0.3) is 11.0 Å².